The molecule has 0 amide bonds. The summed E-state index contributed by atoms with van der Waals surface area (Å²) < 4.78 is 4.89. The quantitative estimate of drug-likeness (QED) is 0.516. The summed E-state index contributed by atoms with van der Waals surface area (Å²) >= 11 is 0. The van der Waals surface area contributed by atoms with Gasteiger partial charge < -0.3 is 9.84 Å². The molecule has 0 fully saturated rings. The first-order chi connectivity index (χ1) is 9.02. The number of aromatic hydroxyl groups is 1. The van der Waals surface area contributed by atoms with E-state index < -0.39 is 22.3 Å². The van der Waals surface area contributed by atoms with E-state index in [0.717, 1.165) is 0 Å². The van der Waals surface area contributed by atoms with Crippen molar-refractivity contribution in [2.45, 2.75) is 13.3 Å². The van der Waals surface area contributed by atoms with Crippen LogP contribution in [-0.4, -0.2) is 21.0 Å². The van der Waals surface area contributed by atoms with Crippen LogP contribution in [0.3, 0.4) is 0 Å². The number of nitro benzene ring substituents is 1. The number of phenolic OH excluding ortho intramolecular Hbond substituents is 1. The maximum Gasteiger partial charge on any atom is 0.336 e. The number of aromatic nitrogens is 1. The molecule has 0 saturated heterocycles. The van der Waals surface area contributed by atoms with Crippen LogP contribution in [0.2, 0.25) is 0 Å². The van der Waals surface area contributed by atoms with Crippen molar-refractivity contribution in [2.24, 2.45) is 0 Å². The van der Waals surface area contributed by atoms with Gasteiger partial charge in [-0.15, -0.1) is 0 Å². The fraction of sp³-hybridized carbons (Fsp3) is 0.167. The van der Waals surface area contributed by atoms with Gasteiger partial charge >= 0.3 is 11.7 Å². The Kier molecular flexibility index (Phi) is 3.28. The summed E-state index contributed by atoms with van der Waals surface area (Å²) in [5.74, 6) is -1.01. The van der Waals surface area contributed by atoms with Crippen LogP contribution in [0.4, 0.5) is 5.69 Å². The largest absolute Gasteiger partial charge is 0.502 e. The van der Waals surface area contributed by atoms with Gasteiger partial charge in [0.1, 0.15) is 0 Å². The third kappa shape index (κ3) is 2.44. The molecule has 2 rings (SSSR count). The van der Waals surface area contributed by atoms with Crippen molar-refractivity contribution in [3.8, 4) is 11.6 Å². The molecule has 0 aliphatic rings. The summed E-state index contributed by atoms with van der Waals surface area (Å²) in [4.78, 5) is 25.3. The Morgan fingerprint density at radius 1 is 1.42 bits per heavy atom. The number of nitro groups is 1. The minimum Gasteiger partial charge on any atom is -0.502 e. The number of nitrogens with zero attached hydrogens (tertiary/aromatic N) is 2. The maximum absolute atomic E-state index is 11.2. The average molecular weight is 262 g/mol. The van der Waals surface area contributed by atoms with Crippen LogP contribution in [0.5, 0.6) is 11.6 Å². The second-order valence-corrected chi connectivity index (χ2v) is 3.74. The van der Waals surface area contributed by atoms with Crippen LogP contribution in [0.15, 0.2) is 24.3 Å². The zero-order chi connectivity index (χ0) is 14.0. The van der Waals surface area contributed by atoms with E-state index in [0.29, 0.717) is 5.39 Å². The third-order valence-electron chi connectivity index (χ3n) is 2.48. The van der Waals surface area contributed by atoms with E-state index in [2.05, 4.69) is 4.98 Å². The number of carbonyl (C=O) groups is 1. The van der Waals surface area contributed by atoms with E-state index in [1.165, 1.54) is 24.3 Å². The highest BCUT2D eigenvalue weighted by Gasteiger charge is 2.20. The second kappa shape index (κ2) is 4.89. The first kappa shape index (κ1) is 12.7. The number of ether oxygens (including phenoxy) is 1. The fourth-order valence-electron chi connectivity index (χ4n) is 1.57. The molecule has 0 aliphatic carbocycles. The van der Waals surface area contributed by atoms with Gasteiger partial charge in [-0.3, -0.25) is 14.9 Å². The van der Waals surface area contributed by atoms with Crippen molar-refractivity contribution in [3.05, 3.63) is 34.4 Å². The first-order valence-electron chi connectivity index (χ1n) is 5.50. The Hall–Kier alpha value is -2.70. The number of rotatable bonds is 3. The number of phenols is 1. The highest BCUT2D eigenvalue weighted by atomic mass is 16.6. The lowest BCUT2D eigenvalue weighted by Crippen LogP contribution is -2.07. The molecular formula is C12H10N2O5. The molecule has 0 bridgehead atoms. The van der Waals surface area contributed by atoms with Crippen molar-refractivity contribution in [3.63, 3.8) is 0 Å². The second-order valence-electron chi connectivity index (χ2n) is 3.74. The number of esters is 1. The first-order valence-corrected chi connectivity index (χ1v) is 5.50. The van der Waals surface area contributed by atoms with Crippen molar-refractivity contribution >= 4 is 22.6 Å². The number of hydrogen-bond acceptors (Lipinski definition) is 6. The number of hydrogen-bond donors (Lipinski definition) is 1. The van der Waals surface area contributed by atoms with Gasteiger partial charge in [-0.2, -0.15) is 0 Å². The van der Waals surface area contributed by atoms with E-state index in [1.54, 1.807) is 6.92 Å². The summed E-state index contributed by atoms with van der Waals surface area (Å²) in [6.07, 6.45) is 0.169. The minimum atomic E-state index is -0.726. The predicted molar refractivity (Wildman–Crippen MR) is 66.0 cm³/mol. The zero-order valence-electron chi connectivity index (χ0n) is 9.99. The fourth-order valence-corrected chi connectivity index (χ4v) is 1.57. The van der Waals surface area contributed by atoms with Crippen LogP contribution in [0, 0.1) is 10.1 Å². The number of pyridine rings is 1. The van der Waals surface area contributed by atoms with Crippen LogP contribution in [-0.2, 0) is 4.79 Å². The van der Waals surface area contributed by atoms with Gasteiger partial charge in [-0.05, 0) is 18.2 Å². The highest BCUT2D eigenvalue weighted by molar-refractivity contribution is 5.90. The molecule has 1 aromatic carbocycles. The molecule has 0 atom stereocenters. The Balaban J connectivity index is 2.59. The van der Waals surface area contributed by atoms with E-state index in [-0.39, 0.29) is 17.8 Å². The standard InChI is InChI=1S/C12H10N2O5/c1-2-10(16)19-9-6-4-7-3-5-8(15)12(14(17)18)11(7)13-9/h3-6,15H,2H2,1H3. The summed E-state index contributed by atoms with van der Waals surface area (Å²) in [6.45, 7) is 1.62. The number of benzene rings is 1. The predicted octanol–water partition coefficient (Wildman–Crippen LogP) is 2.16. The van der Waals surface area contributed by atoms with E-state index in [4.69, 9.17) is 4.74 Å². The Morgan fingerprint density at radius 3 is 2.74 bits per heavy atom. The van der Waals surface area contributed by atoms with Gasteiger partial charge in [0.05, 0.1) is 4.92 Å². The molecule has 2 aromatic rings. The van der Waals surface area contributed by atoms with Crippen molar-refractivity contribution in [2.75, 3.05) is 0 Å². The molecule has 0 spiro atoms. The van der Waals surface area contributed by atoms with Crippen LogP contribution in [0.25, 0.3) is 10.9 Å². The molecule has 0 aliphatic heterocycles. The van der Waals surface area contributed by atoms with Gasteiger partial charge in [0, 0.05) is 17.9 Å². The maximum atomic E-state index is 11.2. The number of fused-ring (bicyclic) bond motifs is 1. The highest BCUT2D eigenvalue weighted by Crippen LogP contribution is 2.33. The lowest BCUT2D eigenvalue weighted by atomic mass is 10.2. The lowest BCUT2D eigenvalue weighted by Gasteiger charge is -2.04. The molecule has 0 unspecified atom stereocenters. The lowest BCUT2D eigenvalue weighted by molar-refractivity contribution is -0.384. The summed E-state index contributed by atoms with van der Waals surface area (Å²) in [5, 5.41) is 20.9. The molecule has 1 aromatic heterocycles. The molecule has 7 nitrogen and oxygen atoms in total. The Bertz CT molecular complexity index is 668. The van der Waals surface area contributed by atoms with Crippen molar-refractivity contribution in [1.29, 1.82) is 0 Å². The van der Waals surface area contributed by atoms with Gasteiger partial charge in [-0.25, -0.2) is 4.98 Å². The Morgan fingerprint density at radius 2 is 2.11 bits per heavy atom. The van der Waals surface area contributed by atoms with E-state index in [9.17, 15) is 20.0 Å². The molecule has 0 radical (unpaired) electrons. The minimum absolute atomic E-state index is 0.0218. The van der Waals surface area contributed by atoms with Gasteiger partial charge in [0.15, 0.2) is 11.3 Å². The number of carbonyl (C=O) groups excluding carboxylic acids is 1. The van der Waals surface area contributed by atoms with E-state index >= 15 is 0 Å². The van der Waals surface area contributed by atoms with Crippen molar-refractivity contribution in [1.82, 2.24) is 4.98 Å². The normalized spacial score (nSPS) is 10.4. The molecule has 7 heteroatoms. The van der Waals surface area contributed by atoms with Gasteiger partial charge in [0.2, 0.25) is 5.88 Å². The van der Waals surface area contributed by atoms with Crippen LogP contribution >= 0.6 is 0 Å². The molecule has 1 heterocycles. The van der Waals surface area contributed by atoms with E-state index in [1.807, 2.05) is 0 Å². The van der Waals surface area contributed by atoms with Crippen molar-refractivity contribution < 1.29 is 19.6 Å². The summed E-state index contributed by atoms with van der Waals surface area (Å²) in [7, 11) is 0. The summed E-state index contributed by atoms with van der Waals surface area (Å²) in [6, 6.07) is 5.69. The molecule has 0 saturated carbocycles. The van der Waals surface area contributed by atoms with Gasteiger partial charge in [0.25, 0.3) is 0 Å². The molecule has 1 N–H and O–H groups in total. The smallest absolute Gasteiger partial charge is 0.336 e. The topological polar surface area (TPSA) is 103 Å². The monoisotopic (exact) mass is 262 g/mol. The van der Waals surface area contributed by atoms with Crippen LogP contribution in [0.1, 0.15) is 13.3 Å². The molecule has 98 valence electrons. The Labute approximate surface area is 107 Å². The third-order valence-corrected chi connectivity index (χ3v) is 2.48. The average Bonchev–Trinajstić information content (AvgIpc) is 2.37. The van der Waals surface area contributed by atoms with Gasteiger partial charge in [-0.1, -0.05) is 6.92 Å². The molecular weight excluding hydrogens is 252 g/mol. The molecule has 19 heavy (non-hydrogen) atoms. The summed E-state index contributed by atoms with van der Waals surface area (Å²) in [5.41, 5.74) is -0.529. The SMILES string of the molecule is CCC(=O)Oc1ccc2ccc(O)c([N+](=O)[O-])c2n1. The van der Waals surface area contributed by atoms with Crippen LogP contribution < -0.4 is 4.74 Å². The zero-order valence-corrected chi connectivity index (χ0v) is 9.99.